The highest BCUT2D eigenvalue weighted by atomic mass is 16.5. The van der Waals surface area contributed by atoms with E-state index in [1.54, 1.807) is 25.1 Å². The lowest BCUT2D eigenvalue weighted by atomic mass is 10.3. The van der Waals surface area contributed by atoms with Crippen LogP contribution >= 0.6 is 0 Å². The van der Waals surface area contributed by atoms with E-state index in [4.69, 9.17) is 4.74 Å². The van der Waals surface area contributed by atoms with E-state index in [0.29, 0.717) is 37.7 Å². The number of hydrogen-bond acceptors (Lipinski definition) is 6. The van der Waals surface area contributed by atoms with Crippen molar-refractivity contribution in [1.29, 1.82) is 0 Å². The summed E-state index contributed by atoms with van der Waals surface area (Å²) in [5, 5.41) is 10.9. The molecule has 8 nitrogen and oxygen atoms in total. The van der Waals surface area contributed by atoms with E-state index in [1.165, 1.54) is 0 Å². The number of hydrogen-bond donors (Lipinski definition) is 1. The van der Waals surface area contributed by atoms with E-state index in [9.17, 15) is 9.59 Å². The van der Waals surface area contributed by atoms with Crippen molar-refractivity contribution in [3.05, 3.63) is 42.5 Å². The molecule has 0 bridgehead atoms. The summed E-state index contributed by atoms with van der Waals surface area (Å²) in [5.74, 6) is 1.52. The lowest BCUT2D eigenvalue weighted by Crippen LogP contribution is -2.48. The van der Waals surface area contributed by atoms with Gasteiger partial charge in [0, 0.05) is 33.1 Å². The first-order valence-electron chi connectivity index (χ1n) is 8.44. The minimum atomic E-state index is -0.300. The molecule has 0 radical (unpaired) electrons. The van der Waals surface area contributed by atoms with Gasteiger partial charge in [-0.3, -0.25) is 9.59 Å². The molecule has 0 aliphatic carbocycles. The molecule has 0 saturated carbocycles. The van der Waals surface area contributed by atoms with Gasteiger partial charge >= 0.3 is 0 Å². The van der Waals surface area contributed by atoms with Crippen molar-refractivity contribution in [3.63, 3.8) is 0 Å². The Morgan fingerprint density at radius 3 is 2.38 bits per heavy atom. The molecule has 2 heterocycles. The van der Waals surface area contributed by atoms with Crippen LogP contribution in [0.25, 0.3) is 0 Å². The van der Waals surface area contributed by atoms with Crippen molar-refractivity contribution < 1.29 is 14.3 Å². The van der Waals surface area contributed by atoms with Crippen LogP contribution in [0.2, 0.25) is 0 Å². The minimum Gasteiger partial charge on any atom is -0.484 e. The van der Waals surface area contributed by atoms with Gasteiger partial charge in [0.1, 0.15) is 5.75 Å². The molecule has 1 fully saturated rings. The summed E-state index contributed by atoms with van der Waals surface area (Å²) in [7, 11) is 0. The fourth-order valence-electron chi connectivity index (χ4n) is 2.66. The first-order valence-corrected chi connectivity index (χ1v) is 8.44. The molecular weight excluding hydrogens is 334 g/mol. The van der Waals surface area contributed by atoms with E-state index in [2.05, 4.69) is 20.4 Å². The van der Waals surface area contributed by atoms with Crippen LogP contribution in [-0.4, -0.2) is 59.7 Å². The maximum Gasteiger partial charge on any atom is 0.263 e. The van der Waals surface area contributed by atoms with Crippen LogP contribution < -0.4 is 15.0 Å². The van der Waals surface area contributed by atoms with Gasteiger partial charge in [0.2, 0.25) is 5.91 Å². The summed E-state index contributed by atoms with van der Waals surface area (Å²) in [6, 6.07) is 12.6. The van der Waals surface area contributed by atoms with Crippen molar-refractivity contribution in [3.8, 4) is 5.75 Å². The van der Waals surface area contributed by atoms with Crippen LogP contribution in [-0.2, 0) is 9.59 Å². The van der Waals surface area contributed by atoms with Crippen LogP contribution in [0, 0.1) is 0 Å². The van der Waals surface area contributed by atoms with Gasteiger partial charge in [-0.1, -0.05) is 18.2 Å². The van der Waals surface area contributed by atoms with E-state index in [0.717, 1.165) is 5.82 Å². The summed E-state index contributed by atoms with van der Waals surface area (Å²) >= 11 is 0. The summed E-state index contributed by atoms with van der Waals surface area (Å²) in [6.07, 6.45) is 0. The number of anilines is 2. The Morgan fingerprint density at radius 2 is 1.77 bits per heavy atom. The number of benzene rings is 1. The molecule has 3 rings (SSSR count). The predicted octanol–water partition coefficient (Wildman–Crippen LogP) is 1.16. The van der Waals surface area contributed by atoms with Crippen molar-refractivity contribution in [2.75, 3.05) is 43.0 Å². The van der Waals surface area contributed by atoms with Gasteiger partial charge in [-0.15, -0.1) is 10.2 Å². The Hall–Kier alpha value is -3.16. The molecule has 0 atom stereocenters. The van der Waals surface area contributed by atoms with Crippen LogP contribution in [0.3, 0.4) is 0 Å². The summed E-state index contributed by atoms with van der Waals surface area (Å²) in [6.45, 7) is 4.25. The van der Waals surface area contributed by atoms with E-state index in [1.807, 2.05) is 29.2 Å². The van der Waals surface area contributed by atoms with Gasteiger partial charge < -0.3 is 19.9 Å². The monoisotopic (exact) mass is 355 g/mol. The lowest BCUT2D eigenvalue weighted by molar-refractivity contribution is -0.129. The zero-order valence-corrected chi connectivity index (χ0v) is 14.6. The number of rotatable bonds is 5. The average Bonchev–Trinajstić information content (AvgIpc) is 2.68. The highest BCUT2D eigenvalue weighted by molar-refractivity contribution is 5.90. The molecule has 1 aromatic heterocycles. The first kappa shape index (κ1) is 17.7. The van der Waals surface area contributed by atoms with Crippen molar-refractivity contribution >= 4 is 23.5 Å². The largest absolute Gasteiger partial charge is 0.484 e. The van der Waals surface area contributed by atoms with Crippen LogP contribution in [0.1, 0.15) is 6.92 Å². The van der Waals surface area contributed by atoms with Crippen molar-refractivity contribution in [2.24, 2.45) is 0 Å². The topological polar surface area (TPSA) is 87.7 Å². The molecule has 2 aromatic rings. The summed E-state index contributed by atoms with van der Waals surface area (Å²) < 4.78 is 5.39. The number of carbonyl (C=O) groups excluding carboxylic acids is 2. The Morgan fingerprint density at radius 1 is 1.04 bits per heavy atom. The molecule has 1 N–H and O–H groups in total. The molecule has 8 heteroatoms. The van der Waals surface area contributed by atoms with Crippen LogP contribution in [0.15, 0.2) is 42.5 Å². The second-order valence-electron chi connectivity index (χ2n) is 5.92. The molecule has 1 aliphatic heterocycles. The Bertz CT molecular complexity index is 743. The Balaban J connectivity index is 1.48. The van der Waals surface area contributed by atoms with E-state index < -0.39 is 0 Å². The third-order valence-electron chi connectivity index (χ3n) is 4.08. The summed E-state index contributed by atoms with van der Waals surface area (Å²) in [5.41, 5.74) is 0. The van der Waals surface area contributed by atoms with Gasteiger partial charge in [-0.2, -0.15) is 0 Å². The molecule has 0 spiro atoms. The zero-order chi connectivity index (χ0) is 18.4. The number of nitrogens with zero attached hydrogens (tertiary/aromatic N) is 4. The fraction of sp³-hybridized carbons (Fsp3) is 0.333. The SMILES string of the molecule is CC(=O)N1CCN(c2ccc(NC(=O)COc3ccccc3)nn2)CC1. The van der Waals surface area contributed by atoms with Gasteiger partial charge in [0.15, 0.2) is 18.2 Å². The first-order chi connectivity index (χ1) is 12.6. The number of carbonyl (C=O) groups is 2. The molecule has 1 aliphatic rings. The standard InChI is InChI=1S/C18H21N5O3/c1-14(24)22-9-11-23(12-10-22)17-8-7-16(20-21-17)19-18(25)13-26-15-5-3-2-4-6-15/h2-8H,9-13H2,1H3,(H,19,20,25). The van der Waals surface area contributed by atoms with Gasteiger partial charge in [-0.05, 0) is 24.3 Å². The Kier molecular flexibility index (Phi) is 5.62. The zero-order valence-electron chi connectivity index (χ0n) is 14.6. The third kappa shape index (κ3) is 4.69. The van der Waals surface area contributed by atoms with Gasteiger partial charge in [-0.25, -0.2) is 0 Å². The number of piperazine rings is 1. The highest BCUT2D eigenvalue weighted by Crippen LogP contribution is 2.14. The molecule has 1 saturated heterocycles. The quantitative estimate of drug-likeness (QED) is 0.866. The van der Waals surface area contributed by atoms with Crippen molar-refractivity contribution in [2.45, 2.75) is 6.92 Å². The predicted molar refractivity (Wildman–Crippen MR) is 97.1 cm³/mol. The second kappa shape index (κ2) is 8.28. The number of aromatic nitrogens is 2. The average molecular weight is 355 g/mol. The van der Waals surface area contributed by atoms with E-state index >= 15 is 0 Å². The fourth-order valence-corrected chi connectivity index (χ4v) is 2.66. The maximum atomic E-state index is 11.9. The van der Waals surface area contributed by atoms with Gasteiger partial charge in [0.25, 0.3) is 5.91 Å². The molecule has 2 amide bonds. The van der Waals surface area contributed by atoms with Crippen LogP contribution in [0.4, 0.5) is 11.6 Å². The maximum absolute atomic E-state index is 11.9. The third-order valence-corrected chi connectivity index (χ3v) is 4.08. The minimum absolute atomic E-state index is 0.0894. The second-order valence-corrected chi connectivity index (χ2v) is 5.92. The van der Waals surface area contributed by atoms with Gasteiger partial charge in [0.05, 0.1) is 0 Å². The number of ether oxygens (including phenoxy) is 1. The smallest absolute Gasteiger partial charge is 0.263 e. The number of amides is 2. The molecule has 136 valence electrons. The molecular formula is C18H21N5O3. The molecule has 26 heavy (non-hydrogen) atoms. The number of nitrogens with one attached hydrogen (secondary N) is 1. The van der Waals surface area contributed by atoms with Crippen molar-refractivity contribution in [1.82, 2.24) is 15.1 Å². The van der Waals surface area contributed by atoms with Crippen LogP contribution in [0.5, 0.6) is 5.75 Å². The normalized spacial score (nSPS) is 14.0. The Labute approximate surface area is 151 Å². The highest BCUT2D eigenvalue weighted by Gasteiger charge is 2.19. The summed E-state index contributed by atoms with van der Waals surface area (Å²) in [4.78, 5) is 27.2. The number of para-hydroxylation sites is 1. The molecule has 0 unspecified atom stereocenters. The molecule has 1 aromatic carbocycles. The van der Waals surface area contributed by atoms with E-state index in [-0.39, 0.29) is 18.4 Å². The lowest BCUT2D eigenvalue weighted by Gasteiger charge is -2.34.